The summed E-state index contributed by atoms with van der Waals surface area (Å²) in [5.41, 5.74) is 2.72. The number of carbonyl (C=O) groups is 1. The highest BCUT2D eigenvalue weighted by molar-refractivity contribution is 7.14. The lowest BCUT2D eigenvalue weighted by molar-refractivity contribution is -0.108. The monoisotopic (exact) mass is 341 g/mol. The van der Waals surface area contributed by atoms with Crippen molar-refractivity contribution < 1.29 is 4.79 Å². The lowest BCUT2D eigenvalue weighted by Gasteiger charge is -2.21. The molecule has 1 aliphatic carbocycles. The molecule has 2 unspecified atom stereocenters. The molecule has 0 spiro atoms. The summed E-state index contributed by atoms with van der Waals surface area (Å²) < 4.78 is 3.87. The molecular formula is C17H20N5OP. The van der Waals surface area contributed by atoms with Crippen molar-refractivity contribution in [2.45, 2.75) is 38.1 Å². The summed E-state index contributed by atoms with van der Waals surface area (Å²) in [5.74, 6) is 0.543. The van der Waals surface area contributed by atoms with Gasteiger partial charge >= 0.3 is 0 Å². The summed E-state index contributed by atoms with van der Waals surface area (Å²) in [6.45, 7) is 0. The standard InChI is InChI=1S/C17H20N5OP/c23-8-6-15(12-3-1-2-4-12)21-10-13(9-20-21)16-14-5-7-22(24)17(14)19-11-18-16/h5,7-12,15H,1-4,6,24H2. The van der Waals surface area contributed by atoms with Crippen LogP contribution in [0.25, 0.3) is 22.3 Å². The summed E-state index contributed by atoms with van der Waals surface area (Å²) in [5, 5.41) is 5.55. The number of aldehydes is 1. The fourth-order valence-corrected chi connectivity index (χ4v) is 4.09. The van der Waals surface area contributed by atoms with E-state index < -0.39 is 0 Å². The average molecular weight is 341 g/mol. The predicted octanol–water partition coefficient (Wildman–Crippen LogP) is 3.25. The van der Waals surface area contributed by atoms with E-state index in [-0.39, 0.29) is 6.04 Å². The Morgan fingerprint density at radius 3 is 2.96 bits per heavy atom. The molecule has 7 heteroatoms. The van der Waals surface area contributed by atoms with E-state index in [4.69, 9.17) is 0 Å². The molecule has 0 aromatic carbocycles. The Bertz CT molecular complexity index is 865. The molecule has 1 fully saturated rings. The van der Waals surface area contributed by atoms with Crippen LogP contribution in [0.3, 0.4) is 0 Å². The third kappa shape index (κ3) is 2.65. The van der Waals surface area contributed by atoms with Crippen molar-refractivity contribution in [3.63, 3.8) is 0 Å². The Morgan fingerprint density at radius 2 is 2.17 bits per heavy atom. The minimum Gasteiger partial charge on any atom is -0.317 e. The lowest BCUT2D eigenvalue weighted by atomic mass is 9.96. The first-order valence-electron chi connectivity index (χ1n) is 8.33. The third-order valence-electron chi connectivity index (χ3n) is 5.01. The number of hydrogen-bond donors (Lipinski definition) is 0. The van der Waals surface area contributed by atoms with Gasteiger partial charge in [0.1, 0.15) is 18.3 Å². The van der Waals surface area contributed by atoms with Crippen LogP contribution in [0, 0.1) is 5.92 Å². The Hall–Kier alpha value is -2.07. The largest absolute Gasteiger partial charge is 0.317 e. The zero-order valence-corrected chi connectivity index (χ0v) is 14.5. The Labute approximate surface area is 142 Å². The van der Waals surface area contributed by atoms with Gasteiger partial charge in [0.05, 0.1) is 17.9 Å². The second-order valence-electron chi connectivity index (χ2n) is 6.41. The SMILES string of the molecule is O=CCC(C1CCCC1)n1cc(-c2ncnc3c2ccn3P)cn1. The van der Waals surface area contributed by atoms with Crippen LogP contribution in [0.4, 0.5) is 0 Å². The highest BCUT2D eigenvalue weighted by atomic mass is 31.0. The molecule has 3 heterocycles. The highest BCUT2D eigenvalue weighted by Gasteiger charge is 2.27. The van der Waals surface area contributed by atoms with Gasteiger partial charge in [-0.05, 0) is 34.2 Å². The van der Waals surface area contributed by atoms with Gasteiger partial charge in [0.15, 0.2) is 0 Å². The van der Waals surface area contributed by atoms with E-state index in [1.807, 2.05) is 33.7 Å². The topological polar surface area (TPSA) is 65.6 Å². The fraction of sp³-hybridized carbons (Fsp3) is 0.412. The van der Waals surface area contributed by atoms with E-state index in [1.165, 1.54) is 25.7 Å². The fourth-order valence-electron chi connectivity index (χ4n) is 3.80. The maximum Gasteiger partial charge on any atom is 0.146 e. The second kappa shape index (κ2) is 6.44. The normalized spacial score (nSPS) is 16.7. The maximum atomic E-state index is 11.1. The molecule has 0 amide bonds. The first kappa shape index (κ1) is 15.5. The molecule has 4 rings (SSSR count). The number of hydrogen-bond acceptors (Lipinski definition) is 4. The van der Waals surface area contributed by atoms with E-state index in [0.717, 1.165) is 28.6 Å². The van der Waals surface area contributed by atoms with Crippen molar-refractivity contribution in [1.29, 1.82) is 0 Å². The van der Waals surface area contributed by atoms with Gasteiger partial charge in [-0.25, -0.2) is 9.97 Å². The molecule has 0 N–H and O–H groups in total. The van der Waals surface area contributed by atoms with E-state index in [2.05, 4.69) is 24.5 Å². The zero-order chi connectivity index (χ0) is 16.5. The molecule has 1 saturated carbocycles. The molecule has 6 nitrogen and oxygen atoms in total. The third-order valence-corrected chi connectivity index (χ3v) is 5.42. The second-order valence-corrected chi connectivity index (χ2v) is 6.96. The highest BCUT2D eigenvalue weighted by Crippen LogP contribution is 2.36. The van der Waals surface area contributed by atoms with E-state index >= 15 is 0 Å². The number of nitrogens with zero attached hydrogens (tertiary/aromatic N) is 5. The van der Waals surface area contributed by atoms with Gasteiger partial charge < -0.3 is 9.13 Å². The molecule has 1 aliphatic rings. The van der Waals surface area contributed by atoms with Crippen molar-refractivity contribution in [1.82, 2.24) is 24.1 Å². The molecule has 24 heavy (non-hydrogen) atoms. The van der Waals surface area contributed by atoms with Crippen LogP contribution in [0.1, 0.15) is 38.1 Å². The number of aromatic nitrogens is 5. The van der Waals surface area contributed by atoms with Crippen molar-refractivity contribution in [2.24, 2.45) is 5.92 Å². The summed E-state index contributed by atoms with van der Waals surface area (Å²) in [6.07, 6.45) is 13.8. The van der Waals surface area contributed by atoms with Crippen LogP contribution in [-0.2, 0) is 4.79 Å². The molecular weight excluding hydrogens is 321 g/mol. The molecule has 0 radical (unpaired) electrons. The molecule has 0 aliphatic heterocycles. The van der Waals surface area contributed by atoms with Gasteiger partial charge in [-0.3, -0.25) is 4.68 Å². The number of carbonyl (C=O) groups excluding carboxylic acids is 1. The van der Waals surface area contributed by atoms with Crippen LogP contribution in [-0.4, -0.2) is 30.4 Å². The van der Waals surface area contributed by atoms with Crippen LogP contribution in [0.15, 0.2) is 31.0 Å². The minimum absolute atomic E-state index is 0.155. The number of fused-ring (bicyclic) bond motifs is 1. The molecule has 124 valence electrons. The van der Waals surface area contributed by atoms with Gasteiger partial charge in [-0.1, -0.05) is 12.8 Å². The summed E-state index contributed by atoms with van der Waals surface area (Å²) in [6, 6.07) is 2.16. The van der Waals surface area contributed by atoms with Crippen molar-refractivity contribution in [2.75, 3.05) is 0 Å². The van der Waals surface area contributed by atoms with E-state index in [0.29, 0.717) is 12.3 Å². The van der Waals surface area contributed by atoms with Crippen LogP contribution in [0.2, 0.25) is 0 Å². The summed E-state index contributed by atoms with van der Waals surface area (Å²) >= 11 is 0. The predicted molar refractivity (Wildman–Crippen MR) is 95.5 cm³/mol. The first-order chi connectivity index (χ1) is 11.8. The van der Waals surface area contributed by atoms with Gasteiger partial charge in [0.2, 0.25) is 0 Å². The Balaban J connectivity index is 1.71. The van der Waals surface area contributed by atoms with Gasteiger partial charge in [-0.15, -0.1) is 0 Å². The first-order valence-corrected chi connectivity index (χ1v) is 8.85. The molecule has 0 saturated heterocycles. The molecule has 0 bridgehead atoms. The molecule has 3 aromatic rings. The average Bonchev–Trinajstić information content (AvgIpc) is 3.34. The van der Waals surface area contributed by atoms with Gasteiger partial charge in [0.25, 0.3) is 0 Å². The summed E-state index contributed by atoms with van der Waals surface area (Å²) in [4.78, 5) is 19.9. The lowest BCUT2D eigenvalue weighted by Crippen LogP contribution is -2.18. The van der Waals surface area contributed by atoms with Crippen LogP contribution < -0.4 is 0 Å². The Morgan fingerprint density at radius 1 is 1.33 bits per heavy atom. The maximum absolute atomic E-state index is 11.1. The number of rotatable bonds is 5. The smallest absolute Gasteiger partial charge is 0.146 e. The van der Waals surface area contributed by atoms with E-state index in [9.17, 15) is 4.79 Å². The Kier molecular flexibility index (Phi) is 4.15. The van der Waals surface area contributed by atoms with Crippen molar-refractivity contribution in [3.05, 3.63) is 31.0 Å². The van der Waals surface area contributed by atoms with Gasteiger partial charge in [0, 0.05) is 29.8 Å². The van der Waals surface area contributed by atoms with E-state index in [1.54, 1.807) is 6.33 Å². The summed E-state index contributed by atoms with van der Waals surface area (Å²) in [7, 11) is 2.62. The quantitative estimate of drug-likeness (QED) is 0.528. The van der Waals surface area contributed by atoms with Crippen molar-refractivity contribution in [3.8, 4) is 11.3 Å². The van der Waals surface area contributed by atoms with Crippen LogP contribution >= 0.6 is 9.39 Å². The van der Waals surface area contributed by atoms with Crippen LogP contribution in [0.5, 0.6) is 0 Å². The van der Waals surface area contributed by atoms with Gasteiger partial charge in [-0.2, -0.15) is 5.10 Å². The molecule has 2 atom stereocenters. The minimum atomic E-state index is 0.155. The molecule has 3 aromatic heterocycles. The van der Waals surface area contributed by atoms with Crippen molar-refractivity contribution >= 4 is 26.7 Å². The zero-order valence-electron chi connectivity index (χ0n) is 13.4.